The van der Waals surface area contributed by atoms with Crippen molar-refractivity contribution >= 4 is 45.8 Å². The molecule has 34 heavy (non-hydrogen) atoms. The van der Waals surface area contributed by atoms with E-state index in [2.05, 4.69) is 58.4 Å². The molecule has 5 rings (SSSR count). The lowest BCUT2D eigenvalue weighted by Gasteiger charge is -2.25. The smallest absolute Gasteiger partial charge is 0.278 e. The third-order valence-corrected chi connectivity index (χ3v) is 5.55. The summed E-state index contributed by atoms with van der Waals surface area (Å²) in [6, 6.07) is 37.4. The monoisotopic (exact) mass is 443 g/mol. The zero-order valence-corrected chi connectivity index (χ0v) is 18.3. The first-order valence-corrected chi connectivity index (χ1v) is 10.9. The second-order valence-electron chi connectivity index (χ2n) is 7.77. The zero-order valence-electron chi connectivity index (χ0n) is 18.3. The van der Waals surface area contributed by atoms with E-state index >= 15 is 0 Å². The van der Waals surface area contributed by atoms with Crippen LogP contribution in [-0.4, -0.2) is 9.91 Å². The average Bonchev–Trinajstić information content (AvgIpc) is 2.89. The van der Waals surface area contributed by atoms with Gasteiger partial charge >= 0.3 is 0 Å². The van der Waals surface area contributed by atoms with Gasteiger partial charge in [0.05, 0.1) is 21.5 Å². The zero-order chi connectivity index (χ0) is 23.3. The van der Waals surface area contributed by atoms with Crippen LogP contribution in [0.4, 0.5) is 22.7 Å². The molecule has 0 atom stereocenters. The fraction of sp³-hybridized carbons (Fsp3) is 0. The molecule has 0 saturated carbocycles. The van der Waals surface area contributed by atoms with E-state index < -0.39 is 0 Å². The molecular weight excluding hydrogens is 422 g/mol. The van der Waals surface area contributed by atoms with E-state index in [9.17, 15) is 10.1 Å². The number of pyridine rings is 1. The number of nitro benzene ring substituents is 1. The van der Waals surface area contributed by atoms with Gasteiger partial charge in [-0.15, -0.1) is 0 Å². The number of aromatic nitrogens is 1. The van der Waals surface area contributed by atoms with Gasteiger partial charge in [0.25, 0.3) is 5.69 Å². The first-order chi connectivity index (χ1) is 16.7. The molecule has 0 radical (unpaired) electrons. The van der Waals surface area contributed by atoms with Crippen LogP contribution in [0.2, 0.25) is 0 Å². The number of benzene rings is 4. The third kappa shape index (κ3) is 4.40. The molecular formula is C29H21N3O2. The number of nitrogens with zero attached hydrogens (tertiary/aromatic N) is 3. The maximum absolute atomic E-state index is 11.2. The highest BCUT2D eigenvalue weighted by molar-refractivity contribution is 5.89. The fourth-order valence-electron chi connectivity index (χ4n) is 3.92. The number of rotatable bonds is 6. The van der Waals surface area contributed by atoms with Gasteiger partial charge in [-0.2, -0.15) is 0 Å². The number of hydrogen-bond acceptors (Lipinski definition) is 4. The summed E-state index contributed by atoms with van der Waals surface area (Å²) in [6.07, 6.45) is 3.91. The lowest BCUT2D eigenvalue weighted by molar-refractivity contribution is -0.383. The molecule has 0 amide bonds. The molecule has 5 heteroatoms. The summed E-state index contributed by atoms with van der Waals surface area (Å²) >= 11 is 0. The molecule has 0 bridgehead atoms. The van der Waals surface area contributed by atoms with Crippen molar-refractivity contribution in [1.29, 1.82) is 0 Å². The molecule has 164 valence electrons. The van der Waals surface area contributed by atoms with E-state index in [-0.39, 0.29) is 10.6 Å². The van der Waals surface area contributed by atoms with Gasteiger partial charge in [-0.05, 0) is 66.2 Å². The minimum atomic E-state index is -0.380. The standard InChI is InChI=1S/C29H21N3O2/c33-32(34)29-13-7-12-28-27(29)21-18-23(30-28)17-14-22-15-19-26(20-16-22)31(24-8-3-1-4-9-24)25-10-5-2-6-11-25/h1-21H. The van der Waals surface area contributed by atoms with Crippen molar-refractivity contribution in [1.82, 2.24) is 4.98 Å². The lowest BCUT2D eigenvalue weighted by atomic mass is 10.1. The Labute approximate surface area is 197 Å². The summed E-state index contributed by atoms with van der Waals surface area (Å²) in [5.74, 6) is 0. The number of hydrogen-bond donors (Lipinski definition) is 0. The molecule has 4 aromatic carbocycles. The van der Waals surface area contributed by atoms with E-state index in [1.54, 1.807) is 24.3 Å². The normalized spacial score (nSPS) is 11.1. The second-order valence-corrected chi connectivity index (χ2v) is 7.77. The van der Waals surface area contributed by atoms with Crippen molar-refractivity contribution in [3.63, 3.8) is 0 Å². The van der Waals surface area contributed by atoms with Crippen LogP contribution in [0.1, 0.15) is 11.3 Å². The van der Waals surface area contributed by atoms with Crippen molar-refractivity contribution in [3.8, 4) is 0 Å². The Morgan fingerprint density at radius 1 is 0.647 bits per heavy atom. The van der Waals surface area contributed by atoms with Crippen LogP contribution in [0.5, 0.6) is 0 Å². The average molecular weight is 444 g/mol. The Balaban J connectivity index is 1.42. The van der Waals surface area contributed by atoms with E-state index in [0.29, 0.717) is 10.9 Å². The summed E-state index contributed by atoms with van der Waals surface area (Å²) in [6.45, 7) is 0. The molecule has 0 fully saturated rings. The van der Waals surface area contributed by atoms with Crippen molar-refractivity contribution < 1.29 is 4.92 Å². The van der Waals surface area contributed by atoms with E-state index in [1.807, 2.05) is 48.6 Å². The Hall–Kier alpha value is -4.77. The number of anilines is 3. The molecule has 0 aliphatic heterocycles. The van der Waals surface area contributed by atoms with Gasteiger partial charge in [0, 0.05) is 23.1 Å². The summed E-state index contributed by atoms with van der Waals surface area (Å²) in [4.78, 5) is 17.6. The molecule has 0 aliphatic carbocycles. The topological polar surface area (TPSA) is 59.3 Å². The van der Waals surface area contributed by atoms with Crippen LogP contribution in [-0.2, 0) is 0 Å². The van der Waals surface area contributed by atoms with Crippen molar-refractivity contribution in [2.75, 3.05) is 4.90 Å². The maximum atomic E-state index is 11.2. The number of nitro groups is 1. The number of non-ortho nitro benzene ring substituents is 1. The third-order valence-electron chi connectivity index (χ3n) is 5.55. The molecule has 5 aromatic rings. The molecule has 1 aromatic heterocycles. The van der Waals surface area contributed by atoms with Crippen LogP contribution in [0.15, 0.2) is 115 Å². The first-order valence-electron chi connectivity index (χ1n) is 10.9. The van der Waals surface area contributed by atoms with Crippen molar-refractivity contribution in [3.05, 3.63) is 137 Å². The minimum Gasteiger partial charge on any atom is -0.311 e. The molecule has 1 heterocycles. The van der Waals surface area contributed by atoms with Gasteiger partial charge in [0.15, 0.2) is 0 Å². The summed E-state index contributed by atoms with van der Waals surface area (Å²) in [5, 5.41) is 11.8. The number of fused-ring (bicyclic) bond motifs is 1. The lowest BCUT2D eigenvalue weighted by Crippen LogP contribution is -2.09. The van der Waals surface area contributed by atoms with Crippen molar-refractivity contribution in [2.45, 2.75) is 0 Å². The highest BCUT2D eigenvalue weighted by Crippen LogP contribution is 2.34. The van der Waals surface area contributed by atoms with Gasteiger partial charge in [-0.1, -0.05) is 60.7 Å². The summed E-state index contributed by atoms with van der Waals surface area (Å²) in [5.41, 5.74) is 5.69. The van der Waals surface area contributed by atoms with Crippen LogP contribution < -0.4 is 4.90 Å². The van der Waals surface area contributed by atoms with E-state index in [4.69, 9.17) is 0 Å². The van der Waals surface area contributed by atoms with E-state index in [1.165, 1.54) is 6.07 Å². The van der Waals surface area contributed by atoms with Gasteiger partial charge in [0.1, 0.15) is 0 Å². The van der Waals surface area contributed by atoms with Crippen LogP contribution >= 0.6 is 0 Å². The Kier molecular flexibility index (Phi) is 5.82. The largest absolute Gasteiger partial charge is 0.311 e. The predicted octanol–water partition coefficient (Wildman–Crippen LogP) is 7.78. The maximum Gasteiger partial charge on any atom is 0.278 e. The van der Waals surface area contributed by atoms with Gasteiger partial charge in [-0.3, -0.25) is 10.1 Å². The van der Waals surface area contributed by atoms with Gasteiger partial charge < -0.3 is 4.90 Å². The minimum absolute atomic E-state index is 0.0671. The second kappa shape index (κ2) is 9.38. The van der Waals surface area contributed by atoms with E-state index in [0.717, 1.165) is 28.3 Å². The molecule has 0 unspecified atom stereocenters. The first kappa shape index (κ1) is 21.1. The molecule has 5 nitrogen and oxygen atoms in total. The summed E-state index contributed by atoms with van der Waals surface area (Å²) < 4.78 is 0. The predicted molar refractivity (Wildman–Crippen MR) is 138 cm³/mol. The highest BCUT2D eigenvalue weighted by Gasteiger charge is 2.12. The summed E-state index contributed by atoms with van der Waals surface area (Å²) in [7, 11) is 0. The Bertz CT molecular complexity index is 1430. The van der Waals surface area contributed by atoms with Crippen LogP contribution in [0.25, 0.3) is 23.1 Å². The molecule has 0 saturated heterocycles. The van der Waals surface area contributed by atoms with Crippen LogP contribution in [0, 0.1) is 10.1 Å². The Morgan fingerprint density at radius 3 is 1.88 bits per heavy atom. The SMILES string of the molecule is O=[N+]([O-])c1cccc2nc(C=Cc3ccc(N(c4ccccc4)c4ccccc4)cc3)ccc12. The van der Waals surface area contributed by atoms with Crippen molar-refractivity contribution in [2.24, 2.45) is 0 Å². The molecule has 0 spiro atoms. The Morgan fingerprint density at radius 2 is 1.26 bits per heavy atom. The fourth-order valence-corrected chi connectivity index (χ4v) is 3.92. The highest BCUT2D eigenvalue weighted by atomic mass is 16.6. The van der Waals surface area contributed by atoms with Gasteiger partial charge in [-0.25, -0.2) is 4.98 Å². The molecule has 0 N–H and O–H groups in total. The van der Waals surface area contributed by atoms with Gasteiger partial charge in [0.2, 0.25) is 0 Å². The molecule has 0 aliphatic rings. The quantitative estimate of drug-likeness (QED) is 0.199. The number of para-hydroxylation sites is 2. The van der Waals surface area contributed by atoms with Crippen LogP contribution in [0.3, 0.4) is 0 Å².